The number of thioether (sulfide) groups is 1. The number of aromatic nitrogens is 3. The summed E-state index contributed by atoms with van der Waals surface area (Å²) in [6.07, 6.45) is 23.4. The molecule has 0 amide bonds. The van der Waals surface area contributed by atoms with E-state index in [9.17, 15) is 0 Å². The van der Waals surface area contributed by atoms with Gasteiger partial charge in [0, 0.05) is 32.4 Å². The standard InChI is InChI=1S/C53H43N3OS/c1-33-44-31-45(36-15-7-3-8-16-36)46(32-47(44)43-19-11-12-20-50(43)58-33)39-25-27-41-42-28-26-40(30-49(42)57-48(41)29-39)53-55-51(37-17-9-4-10-18-37)54-52(56-53)38-23-21-35(22-24-38)34-13-5-2-6-14-34/h3-4,7-13,15-17,19-21,23,25-33,37H,2,5-6,14,18,22,24H2,1H3. The molecule has 2 aromatic heterocycles. The zero-order valence-corrected chi connectivity index (χ0v) is 33.4. The van der Waals surface area contributed by atoms with Crippen LogP contribution >= 0.6 is 11.8 Å². The van der Waals surface area contributed by atoms with Crippen molar-refractivity contribution >= 4 is 39.3 Å². The molecule has 5 aromatic carbocycles. The highest BCUT2D eigenvalue weighted by Gasteiger charge is 2.26. The lowest BCUT2D eigenvalue weighted by atomic mass is 9.86. The van der Waals surface area contributed by atoms with Crippen LogP contribution < -0.4 is 0 Å². The van der Waals surface area contributed by atoms with Crippen LogP contribution in [-0.2, 0) is 0 Å². The molecule has 4 aliphatic rings. The van der Waals surface area contributed by atoms with Gasteiger partial charge in [-0.15, -0.1) is 11.8 Å². The molecule has 0 fully saturated rings. The van der Waals surface area contributed by atoms with Gasteiger partial charge in [-0.2, -0.15) is 0 Å². The van der Waals surface area contributed by atoms with E-state index in [0.717, 1.165) is 64.0 Å². The largest absolute Gasteiger partial charge is 0.456 e. The number of furan rings is 1. The van der Waals surface area contributed by atoms with Crippen molar-refractivity contribution < 1.29 is 4.42 Å². The Labute approximate surface area is 343 Å². The number of benzene rings is 5. The fourth-order valence-corrected chi connectivity index (χ4v) is 10.4. The molecule has 0 bridgehead atoms. The van der Waals surface area contributed by atoms with Gasteiger partial charge >= 0.3 is 0 Å². The van der Waals surface area contributed by atoms with Crippen molar-refractivity contribution in [2.45, 2.75) is 67.9 Å². The monoisotopic (exact) mass is 769 g/mol. The second-order valence-corrected chi connectivity index (χ2v) is 17.4. The smallest absolute Gasteiger partial charge is 0.163 e. The van der Waals surface area contributed by atoms with E-state index in [1.54, 1.807) is 0 Å². The topological polar surface area (TPSA) is 51.8 Å². The summed E-state index contributed by atoms with van der Waals surface area (Å²) >= 11 is 1.94. The van der Waals surface area contributed by atoms with Crippen LogP contribution in [0.4, 0.5) is 0 Å². The van der Waals surface area contributed by atoms with Crippen LogP contribution in [0.15, 0.2) is 166 Å². The molecule has 0 saturated carbocycles. The fraction of sp³-hybridized carbons (Fsp3) is 0.189. The zero-order valence-electron chi connectivity index (χ0n) is 32.6. The number of rotatable bonds is 6. The molecule has 4 nitrogen and oxygen atoms in total. The molecule has 282 valence electrons. The zero-order chi connectivity index (χ0) is 38.6. The van der Waals surface area contributed by atoms with E-state index >= 15 is 0 Å². The van der Waals surface area contributed by atoms with Gasteiger partial charge in [-0.05, 0) is 150 Å². The van der Waals surface area contributed by atoms with Crippen molar-refractivity contribution in [2.75, 3.05) is 0 Å². The predicted octanol–water partition coefficient (Wildman–Crippen LogP) is 14.8. The van der Waals surface area contributed by atoms with E-state index in [2.05, 4.69) is 153 Å². The second-order valence-electron chi connectivity index (χ2n) is 16.0. The van der Waals surface area contributed by atoms with Crippen molar-refractivity contribution in [3.63, 3.8) is 0 Å². The van der Waals surface area contributed by atoms with Gasteiger partial charge in [0.25, 0.3) is 0 Å². The molecular weight excluding hydrogens is 727 g/mol. The SMILES string of the molecule is CC1Sc2ccccc2-c2cc(-c3ccc4c(c3)oc3cc(-c5nc(C6=CC=C(C7=CCCCC7)CC6)nc(C6C=CC=CC6)n5)ccc34)c(-c3ccccc3)cc21. The Hall–Kier alpha value is -6.04. The molecule has 0 saturated heterocycles. The molecule has 2 atom stereocenters. The third kappa shape index (κ3) is 6.38. The van der Waals surface area contributed by atoms with Crippen molar-refractivity contribution in [1.82, 2.24) is 15.0 Å². The number of hydrogen-bond donors (Lipinski definition) is 0. The van der Waals surface area contributed by atoms with Crippen LogP contribution in [0.5, 0.6) is 0 Å². The molecule has 7 aromatic rings. The lowest BCUT2D eigenvalue weighted by Gasteiger charge is -2.27. The maximum absolute atomic E-state index is 6.75. The quantitative estimate of drug-likeness (QED) is 0.169. The molecule has 3 aliphatic carbocycles. The molecule has 2 unspecified atom stereocenters. The molecule has 0 radical (unpaired) electrons. The van der Waals surface area contributed by atoms with E-state index < -0.39 is 0 Å². The van der Waals surface area contributed by atoms with Crippen molar-refractivity contribution in [3.05, 3.63) is 174 Å². The van der Waals surface area contributed by atoms with Gasteiger partial charge in [-0.1, -0.05) is 103 Å². The number of nitrogens with zero attached hydrogens (tertiary/aromatic N) is 3. The molecule has 11 rings (SSSR count). The molecule has 0 spiro atoms. The summed E-state index contributed by atoms with van der Waals surface area (Å²) < 4.78 is 6.75. The summed E-state index contributed by atoms with van der Waals surface area (Å²) in [5.41, 5.74) is 15.6. The minimum atomic E-state index is 0.112. The summed E-state index contributed by atoms with van der Waals surface area (Å²) in [5, 5.41) is 2.53. The van der Waals surface area contributed by atoms with Crippen LogP contribution in [0.1, 0.15) is 80.2 Å². The molecule has 1 aliphatic heterocycles. The highest BCUT2D eigenvalue weighted by molar-refractivity contribution is 7.99. The Kier molecular flexibility index (Phi) is 8.92. The number of fused-ring (bicyclic) bond motifs is 6. The summed E-state index contributed by atoms with van der Waals surface area (Å²) in [7, 11) is 0. The van der Waals surface area contributed by atoms with E-state index in [1.807, 2.05) is 11.8 Å². The lowest BCUT2D eigenvalue weighted by Crippen LogP contribution is -2.10. The Morgan fingerprint density at radius 1 is 0.603 bits per heavy atom. The Morgan fingerprint density at radius 2 is 1.36 bits per heavy atom. The van der Waals surface area contributed by atoms with Gasteiger partial charge in [-0.3, -0.25) is 0 Å². The first-order valence-corrected chi connectivity index (χ1v) is 21.7. The van der Waals surface area contributed by atoms with Gasteiger partial charge in [0.2, 0.25) is 0 Å². The van der Waals surface area contributed by atoms with Gasteiger partial charge in [0.15, 0.2) is 11.6 Å². The van der Waals surface area contributed by atoms with Gasteiger partial charge < -0.3 is 4.42 Å². The molecule has 0 N–H and O–H groups in total. The third-order valence-electron chi connectivity index (χ3n) is 12.3. The predicted molar refractivity (Wildman–Crippen MR) is 241 cm³/mol. The van der Waals surface area contributed by atoms with E-state index in [-0.39, 0.29) is 5.92 Å². The van der Waals surface area contributed by atoms with Crippen molar-refractivity contribution in [3.8, 4) is 44.8 Å². The van der Waals surface area contributed by atoms with Crippen molar-refractivity contribution in [1.29, 1.82) is 0 Å². The molecule has 3 heterocycles. The highest BCUT2D eigenvalue weighted by Crippen LogP contribution is 2.52. The third-order valence-corrected chi connectivity index (χ3v) is 13.6. The summed E-state index contributed by atoms with van der Waals surface area (Å²) in [6, 6.07) is 37.5. The van der Waals surface area contributed by atoms with E-state index in [1.165, 1.54) is 80.7 Å². The van der Waals surface area contributed by atoms with Gasteiger partial charge in [0.05, 0.1) is 0 Å². The Morgan fingerprint density at radius 3 is 2.16 bits per heavy atom. The molecule has 5 heteroatoms. The minimum absolute atomic E-state index is 0.112. The first-order chi connectivity index (χ1) is 28.6. The Bertz CT molecular complexity index is 2930. The number of hydrogen-bond acceptors (Lipinski definition) is 5. The van der Waals surface area contributed by atoms with Crippen LogP contribution in [0.2, 0.25) is 0 Å². The summed E-state index contributed by atoms with van der Waals surface area (Å²) in [6.45, 7) is 2.32. The first-order valence-electron chi connectivity index (χ1n) is 20.8. The van der Waals surface area contributed by atoms with E-state index in [0.29, 0.717) is 11.1 Å². The fourth-order valence-electron chi connectivity index (χ4n) is 9.23. The summed E-state index contributed by atoms with van der Waals surface area (Å²) in [4.78, 5) is 16.7. The highest BCUT2D eigenvalue weighted by atomic mass is 32.2. The van der Waals surface area contributed by atoms with Crippen molar-refractivity contribution in [2.24, 2.45) is 0 Å². The number of allylic oxidation sites excluding steroid dienone is 10. The van der Waals surface area contributed by atoms with Crippen LogP contribution in [-0.4, -0.2) is 15.0 Å². The van der Waals surface area contributed by atoms with Crippen LogP contribution in [0.25, 0.3) is 72.3 Å². The Balaban J connectivity index is 1.000. The normalized spacial score (nSPS) is 18.7. The average Bonchev–Trinajstić information content (AvgIpc) is 3.67. The van der Waals surface area contributed by atoms with Gasteiger partial charge in [0.1, 0.15) is 17.0 Å². The molecular formula is C53H43N3OS. The minimum Gasteiger partial charge on any atom is -0.456 e. The molecule has 58 heavy (non-hydrogen) atoms. The maximum atomic E-state index is 6.75. The lowest BCUT2D eigenvalue weighted by molar-refractivity contribution is 0.669. The maximum Gasteiger partial charge on any atom is 0.163 e. The summed E-state index contributed by atoms with van der Waals surface area (Å²) in [5.74, 6) is 2.39. The second kappa shape index (κ2) is 14.7. The first kappa shape index (κ1) is 35.1. The van der Waals surface area contributed by atoms with Crippen LogP contribution in [0.3, 0.4) is 0 Å². The van der Waals surface area contributed by atoms with Crippen LogP contribution in [0, 0.1) is 0 Å². The van der Waals surface area contributed by atoms with Gasteiger partial charge in [-0.25, -0.2) is 15.0 Å². The van der Waals surface area contributed by atoms with E-state index in [4.69, 9.17) is 19.4 Å². The average molecular weight is 770 g/mol.